The Labute approximate surface area is 202 Å². The van der Waals surface area contributed by atoms with Crippen molar-refractivity contribution < 1.29 is 26.8 Å². The van der Waals surface area contributed by atoms with Crippen LogP contribution in [-0.2, 0) is 16.6 Å². The number of carbonyl (C=O) groups excluding carboxylic acids is 1. The number of amides is 1. The molecular formula is C26H23FN2O5S. The van der Waals surface area contributed by atoms with Crippen molar-refractivity contribution in [2.75, 3.05) is 26.2 Å². The number of nitrogens with zero attached hydrogens (tertiary/aromatic N) is 2. The number of furan rings is 1. The average Bonchev–Trinajstić information content (AvgIpc) is 3.37. The molecule has 2 heterocycles. The molecule has 0 saturated carbocycles. The smallest absolute Gasteiger partial charge is 0.289 e. The van der Waals surface area contributed by atoms with Crippen LogP contribution in [0.15, 0.2) is 88.2 Å². The summed E-state index contributed by atoms with van der Waals surface area (Å²) in [6, 6.07) is 21.5. The quantitative estimate of drug-likeness (QED) is 0.399. The zero-order chi connectivity index (χ0) is 24.4. The first-order valence-corrected chi connectivity index (χ1v) is 12.6. The van der Waals surface area contributed by atoms with Gasteiger partial charge in [-0.3, -0.25) is 4.79 Å². The minimum atomic E-state index is -3.67. The van der Waals surface area contributed by atoms with Crippen LogP contribution in [0.3, 0.4) is 0 Å². The molecule has 1 fully saturated rings. The Morgan fingerprint density at radius 2 is 1.60 bits per heavy atom. The van der Waals surface area contributed by atoms with Crippen molar-refractivity contribution in [3.63, 3.8) is 0 Å². The summed E-state index contributed by atoms with van der Waals surface area (Å²) in [4.78, 5) is 14.7. The van der Waals surface area contributed by atoms with Gasteiger partial charge in [-0.05, 0) is 59.3 Å². The van der Waals surface area contributed by atoms with Gasteiger partial charge in [0.2, 0.25) is 10.0 Å². The molecule has 1 aliphatic heterocycles. The molecule has 5 rings (SSSR count). The minimum absolute atomic E-state index is 0.0939. The summed E-state index contributed by atoms with van der Waals surface area (Å²) in [7, 11) is -3.67. The second-order valence-electron chi connectivity index (χ2n) is 8.21. The number of benzene rings is 3. The molecule has 1 saturated heterocycles. The van der Waals surface area contributed by atoms with Gasteiger partial charge in [-0.15, -0.1) is 0 Å². The van der Waals surface area contributed by atoms with Gasteiger partial charge in [0.1, 0.15) is 23.9 Å². The van der Waals surface area contributed by atoms with Gasteiger partial charge in [0.25, 0.3) is 5.91 Å². The normalized spacial score (nSPS) is 14.8. The summed E-state index contributed by atoms with van der Waals surface area (Å²) >= 11 is 0. The standard InChI is InChI=1S/C26H23FN2O5S/c27-21-6-8-22(9-7-21)33-18-23-10-12-25(34-23)26(30)28-13-15-29(16-14-28)35(31,32)24-11-5-19-3-1-2-4-20(19)17-24/h1-12,17H,13-16,18H2. The largest absolute Gasteiger partial charge is 0.486 e. The molecule has 9 heteroatoms. The molecule has 1 aromatic heterocycles. The van der Waals surface area contributed by atoms with Crippen molar-refractivity contribution >= 4 is 26.7 Å². The van der Waals surface area contributed by atoms with Gasteiger partial charge in [0.05, 0.1) is 4.90 Å². The maximum absolute atomic E-state index is 13.2. The lowest BCUT2D eigenvalue weighted by Gasteiger charge is -2.33. The van der Waals surface area contributed by atoms with E-state index >= 15 is 0 Å². The Hall–Kier alpha value is -3.69. The van der Waals surface area contributed by atoms with E-state index in [2.05, 4.69) is 0 Å². The molecule has 0 bridgehead atoms. The summed E-state index contributed by atoms with van der Waals surface area (Å²) < 4.78 is 51.9. The molecule has 0 N–H and O–H groups in total. The van der Waals surface area contributed by atoms with Gasteiger partial charge >= 0.3 is 0 Å². The van der Waals surface area contributed by atoms with Crippen LogP contribution in [0.4, 0.5) is 4.39 Å². The first-order chi connectivity index (χ1) is 16.9. The molecule has 1 amide bonds. The van der Waals surface area contributed by atoms with E-state index in [4.69, 9.17) is 9.15 Å². The number of hydrogen-bond acceptors (Lipinski definition) is 5. The van der Waals surface area contributed by atoms with Gasteiger partial charge < -0.3 is 14.1 Å². The molecule has 4 aromatic rings. The fraction of sp³-hybridized carbons (Fsp3) is 0.192. The van der Waals surface area contributed by atoms with E-state index in [-0.39, 0.29) is 55.2 Å². The molecular weight excluding hydrogens is 471 g/mol. The number of sulfonamides is 1. The lowest BCUT2D eigenvalue weighted by Crippen LogP contribution is -2.50. The topological polar surface area (TPSA) is 80.1 Å². The fourth-order valence-electron chi connectivity index (χ4n) is 4.02. The van der Waals surface area contributed by atoms with Crippen molar-refractivity contribution in [3.05, 3.63) is 96.2 Å². The summed E-state index contributed by atoms with van der Waals surface area (Å²) in [5.74, 6) is 0.442. The second kappa shape index (κ2) is 9.52. The van der Waals surface area contributed by atoms with Crippen molar-refractivity contribution in [3.8, 4) is 5.75 Å². The monoisotopic (exact) mass is 494 g/mol. The van der Waals surface area contributed by atoms with Crippen LogP contribution in [-0.4, -0.2) is 49.7 Å². The number of hydrogen-bond donors (Lipinski definition) is 0. The van der Waals surface area contributed by atoms with Crippen LogP contribution >= 0.6 is 0 Å². The van der Waals surface area contributed by atoms with E-state index in [0.29, 0.717) is 11.5 Å². The lowest BCUT2D eigenvalue weighted by atomic mass is 10.1. The van der Waals surface area contributed by atoms with Crippen LogP contribution < -0.4 is 4.74 Å². The van der Waals surface area contributed by atoms with Crippen LogP contribution in [0.2, 0.25) is 0 Å². The van der Waals surface area contributed by atoms with Gasteiger partial charge in [0.15, 0.2) is 5.76 Å². The van der Waals surface area contributed by atoms with E-state index < -0.39 is 10.0 Å². The minimum Gasteiger partial charge on any atom is -0.486 e. The van der Waals surface area contributed by atoms with Gasteiger partial charge in [-0.1, -0.05) is 30.3 Å². The molecule has 0 unspecified atom stereocenters. The number of halogens is 1. The number of rotatable bonds is 6. The molecule has 180 valence electrons. The molecule has 1 aliphatic rings. The summed E-state index contributed by atoms with van der Waals surface area (Å²) in [5, 5.41) is 1.84. The first kappa shape index (κ1) is 23.1. The molecule has 0 atom stereocenters. The Kier molecular flexibility index (Phi) is 6.27. The zero-order valence-electron chi connectivity index (χ0n) is 18.8. The number of ether oxygens (including phenoxy) is 1. The molecule has 3 aromatic carbocycles. The van der Waals surface area contributed by atoms with Crippen LogP contribution in [0.5, 0.6) is 5.75 Å². The fourth-order valence-corrected chi connectivity index (χ4v) is 5.48. The molecule has 0 spiro atoms. The highest BCUT2D eigenvalue weighted by molar-refractivity contribution is 7.89. The average molecular weight is 495 g/mol. The van der Waals surface area contributed by atoms with Crippen molar-refractivity contribution in [2.24, 2.45) is 0 Å². The van der Waals surface area contributed by atoms with E-state index in [0.717, 1.165) is 10.8 Å². The Balaban J connectivity index is 1.19. The van der Waals surface area contributed by atoms with Crippen LogP contribution in [0, 0.1) is 5.82 Å². The third-order valence-electron chi connectivity index (χ3n) is 5.95. The predicted molar refractivity (Wildman–Crippen MR) is 128 cm³/mol. The predicted octanol–water partition coefficient (Wildman–Crippen LogP) is 4.30. The van der Waals surface area contributed by atoms with E-state index in [1.807, 2.05) is 24.3 Å². The Bertz CT molecular complexity index is 1460. The highest BCUT2D eigenvalue weighted by atomic mass is 32.2. The van der Waals surface area contributed by atoms with E-state index in [1.165, 1.54) is 28.6 Å². The van der Waals surface area contributed by atoms with E-state index in [1.54, 1.807) is 35.2 Å². The van der Waals surface area contributed by atoms with Crippen LogP contribution in [0.25, 0.3) is 10.8 Å². The first-order valence-electron chi connectivity index (χ1n) is 11.2. The van der Waals surface area contributed by atoms with E-state index in [9.17, 15) is 17.6 Å². The molecule has 35 heavy (non-hydrogen) atoms. The maximum atomic E-state index is 13.2. The van der Waals surface area contributed by atoms with Crippen molar-refractivity contribution in [1.29, 1.82) is 0 Å². The highest BCUT2D eigenvalue weighted by Crippen LogP contribution is 2.23. The highest BCUT2D eigenvalue weighted by Gasteiger charge is 2.31. The second-order valence-corrected chi connectivity index (χ2v) is 10.2. The van der Waals surface area contributed by atoms with Crippen molar-refractivity contribution in [2.45, 2.75) is 11.5 Å². The molecule has 0 radical (unpaired) electrons. The lowest BCUT2D eigenvalue weighted by molar-refractivity contribution is 0.0662. The molecule has 7 nitrogen and oxygen atoms in total. The zero-order valence-corrected chi connectivity index (χ0v) is 19.6. The Morgan fingerprint density at radius 1 is 0.886 bits per heavy atom. The van der Waals surface area contributed by atoms with Gasteiger partial charge in [0, 0.05) is 26.2 Å². The summed E-state index contributed by atoms with van der Waals surface area (Å²) in [6.45, 7) is 1.00. The summed E-state index contributed by atoms with van der Waals surface area (Å²) in [6.07, 6.45) is 0. The van der Waals surface area contributed by atoms with Crippen LogP contribution in [0.1, 0.15) is 16.3 Å². The number of carbonyl (C=O) groups is 1. The van der Waals surface area contributed by atoms with Gasteiger partial charge in [-0.2, -0.15) is 4.31 Å². The Morgan fingerprint density at radius 3 is 2.34 bits per heavy atom. The number of piperazine rings is 1. The summed E-state index contributed by atoms with van der Waals surface area (Å²) in [5.41, 5.74) is 0. The van der Waals surface area contributed by atoms with Gasteiger partial charge in [-0.25, -0.2) is 12.8 Å². The number of fused-ring (bicyclic) bond motifs is 1. The molecule has 0 aliphatic carbocycles. The maximum Gasteiger partial charge on any atom is 0.289 e. The third-order valence-corrected chi connectivity index (χ3v) is 7.85. The van der Waals surface area contributed by atoms with Crippen molar-refractivity contribution in [1.82, 2.24) is 9.21 Å². The SMILES string of the molecule is O=C(c1ccc(COc2ccc(F)cc2)o1)N1CCN(S(=O)(=O)c2ccc3ccccc3c2)CC1. The third kappa shape index (κ3) is 4.91.